The molecule has 0 radical (unpaired) electrons. The van der Waals surface area contributed by atoms with Crippen molar-refractivity contribution < 1.29 is 19.5 Å². The van der Waals surface area contributed by atoms with Gasteiger partial charge in [0.15, 0.2) is 0 Å². The van der Waals surface area contributed by atoms with Crippen molar-refractivity contribution in [2.75, 3.05) is 26.0 Å². The molecule has 1 unspecified atom stereocenters. The molecule has 0 saturated carbocycles. The highest BCUT2D eigenvalue weighted by Gasteiger charge is 2.16. The zero-order valence-corrected chi connectivity index (χ0v) is 14.9. The van der Waals surface area contributed by atoms with Gasteiger partial charge in [-0.2, -0.15) is 0 Å². The molecular formula is C16H24ClN3O4. The Hall–Kier alpha value is -2.12. The summed E-state index contributed by atoms with van der Waals surface area (Å²) in [5.74, 6) is -1.42. The second kappa shape index (κ2) is 10.6. The average molecular weight is 358 g/mol. The zero-order valence-electron chi connectivity index (χ0n) is 14.0. The number of carboxylic acid groups (broad SMARTS) is 1. The van der Waals surface area contributed by atoms with Gasteiger partial charge in [-0.25, -0.2) is 0 Å². The maximum atomic E-state index is 11.8. The molecule has 0 bridgehead atoms. The number of aliphatic carboxylic acids is 1. The Morgan fingerprint density at radius 1 is 1.17 bits per heavy atom. The van der Waals surface area contributed by atoms with Crippen LogP contribution >= 0.6 is 12.4 Å². The Balaban J connectivity index is 0.00000529. The molecule has 7 nitrogen and oxygen atoms in total. The van der Waals surface area contributed by atoms with Gasteiger partial charge in [-0.3, -0.25) is 19.7 Å². The molecule has 8 heteroatoms. The van der Waals surface area contributed by atoms with Crippen LogP contribution in [0.2, 0.25) is 0 Å². The van der Waals surface area contributed by atoms with E-state index in [0.717, 1.165) is 0 Å². The van der Waals surface area contributed by atoms with Gasteiger partial charge in [0.1, 0.15) is 6.04 Å². The molecule has 1 aromatic carbocycles. The Morgan fingerprint density at radius 2 is 1.75 bits per heavy atom. The Kier molecular flexibility index (Phi) is 9.68. The molecule has 0 heterocycles. The van der Waals surface area contributed by atoms with Gasteiger partial charge in [0.05, 0.1) is 6.54 Å². The van der Waals surface area contributed by atoms with Gasteiger partial charge < -0.3 is 15.3 Å². The van der Waals surface area contributed by atoms with Crippen LogP contribution in [0, 0.1) is 0 Å². The van der Waals surface area contributed by atoms with Crippen LogP contribution in [-0.2, 0) is 9.59 Å². The first-order chi connectivity index (χ1) is 10.8. The lowest BCUT2D eigenvalue weighted by Gasteiger charge is -2.14. The Labute approximate surface area is 147 Å². The number of carboxylic acids is 1. The van der Waals surface area contributed by atoms with Crippen molar-refractivity contribution in [3.05, 3.63) is 29.8 Å². The normalized spacial score (nSPS) is 11.1. The summed E-state index contributed by atoms with van der Waals surface area (Å²) in [6.45, 7) is 1.80. The van der Waals surface area contributed by atoms with E-state index in [-0.39, 0.29) is 30.8 Å². The summed E-state index contributed by atoms with van der Waals surface area (Å²) >= 11 is 0. The standard InChI is InChI=1S/C16H23N3O4.ClH/c1-4-5-13(16(22)23)17-10-14(20)18-12-8-6-11(7-9-12)15(21)19(2)3;/h6-9,13,17H,4-5,10H2,1-3H3,(H,18,20)(H,22,23);1H. The second-order valence-corrected chi connectivity index (χ2v) is 5.39. The van der Waals surface area contributed by atoms with E-state index in [0.29, 0.717) is 24.1 Å². The number of hydrogen-bond acceptors (Lipinski definition) is 4. The van der Waals surface area contributed by atoms with E-state index < -0.39 is 12.0 Å². The van der Waals surface area contributed by atoms with E-state index in [1.54, 1.807) is 38.4 Å². The monoisotopic (exact) mass is 357 g/mol. The predicted octanol–water partition coefficient (Wildman–Crippen LogP) is 1.59. The van der Waals surface area contributed by atoms with Crippen LogP contribution in [0.25, 0.3) is 0 Å². The van der Waals surface area contributed by atoms with Gasteiger partial charge in [0.2, 0.25) is 5.91 Å². The van der Waals surface area contributed by atoms with Crippen molar-refractivity contribution in [1.29, 1.82) is 0 Å². The highest BCUT2D eigenvalue weighted by molar-refractivity contribution is 5.96. The third kappa shape index (κ3) is 6.97. The van der Waals surface area contributed by atoms with Crippen molar-refractivity contribution in [3.8, 4) is 0 Å². The van der Waals surface area contributed by atoms with Crippen LogP contribution in [0.5, 0.6) is 0 Å². The fourth-order valence-corrected chi connectivity index (χ4v) is 1.98. The molecule has 0 spiro atoms. The summed E-state index contributed by atoms with van der Waals surface area (Å²) in [4.78, 5) is 36.0. The van der Waals surface area contributed by atoms with Crippen LogP contribution in [0.1, 0.15) is 30.1 Å². The fourth-order valence-electron chi connectivity index (χ4n) is 1.98. The summed E-state index contributed by atoms with van der Waals surface area (Å²) in [7, 11) is 3.33. The quantitative estimate of drug-likeness (QED) is 0.656. The maximum Gasteiger partial charge on any atom is 0.320 e. The minimum Gasteiger partial charge on any atom is -0.480 e. The molecule has 2 amide bonds. The number of carbonyl (C=O) groups excluding carboxylic acids is 2. The van der Waals surface area contributed by atoms with E-state index in [4.69, 9.17) is 5.11 Å². The minimum absolute atomic E-state index is 0. The van der Waals surface area contributed by atoms with E-state index >= 15 is 0 Å². The van der Waals surface area contributed by atoms with Crippen LogP contribution in [0.4, 0.5) is 5.69 Å². The SMILES string of the molecule is CCCC(NCC(=O)Nc1ccc(C(=O)N(C)C)cc1)C(=O)O.Cl. The van der Waals surface area contributed by atoms with Crippen LogP contribution in [0.15, 0.2) is 24.3 Å². The number of halogens is 1. The van der Waals surface area contributed by atoms with Crippen LogP contribution < -0.4 is 10.6 Å². The Bertz CT molecular complexity index is 561. The number of amides is 2. The number of nitrogens with one attached hydrogen (secondary N) is 2. The van der Waals surface area contributed by atoms with Gasteiger partial charge in [0, 0.05) is 25.3 Å². The van der Waals surface area contributed by atoms with Crippen molar-refractivity contribution >= 4 is 35.9 Å². The second-order valence-electron chi connectivity index (χ2n) is 5.39. The molecule has 0 aliphatic carbocycles. The first-order valence-corrected chi connectivity index (χ1v) is 7.43. The maximum absolute atomic E-state index is 11.8. The molecular weight excluding hydrogens is 334 g/mol. The molecule has 0 fully saturated rings. The molecule has 0 aliphatic rings. The van der Waals surface area contributed by atoms with Gasteiger partial charge in [0.25, 0.3) is 5.91 Å². The first kappa shape index (κ1) is 21.9. The number of hydrogen-bond donors (Lipinski definition) is 3. The largest absolute Gasteiger partial charge is 0.480 e. The molecule has 1 atom stereocenters. The molecule has 134 valence electrons. The smallest absolute Gasteiger partial charge is 0.320 e. The number of benzene rings is 1. The average Bonchev–Trinajstić information content (AvgIpc) is 2.51. The molecule has 1 rings (SSSR count). The van der Waals surface area contributed by atoms with Crippen LogP contribution in [-0.4, -0.2) is 54.5 Å². The van der Waals surface area contributed by atoms with Crippen molar-refractivity contribution in [3.63, 3.8) is 0 Å². The number of nitrogens with zero attached hydrogens (tertiary/aromatic N) is 1. The Morgan fingerprint density at radius 3 is 2.21 bits per heavy atom. The molecule has 1 aromatic rings. The first-order valence-electron chi connectivity index (χ1n) is 7.43. The van der Waals surface area contributed by atoms with E-state index in [1.807, 2.05) is 6.92 Å². The topological polar surface area (TPSA) is 98.7 Å². The highest BCUT2D eigenvalue weighted by atomic mass is 35.5. The lowest BCUT2D eigenvalue weighted by molar-refractivity contribution is -0.139. The molecule has 0 saturated heterocycles. The predicted molar refractivity (Wildman–Crippen MR) is 94.7 cm³/mol. The highest BCUT2D eigenvalue weighted by Crippen LogP contribution is 2.10. The molecule has 24 heavy (non-hydrogen) atoms. The van der Waals surface area contributed by atoms with Gasteiger partial charge in [-0.1, -0.05) is 13.3 Å². The summed E-state index contributed by atoms with van der Waals surface area (Å²) in [6, 6.07) is 5.79. The lowest BCUT2D eigenvalue weighted by Crippen LogP contribution is -2.41. The third-order valence-corrected chi connectivity index (χ3v) is 3.21. The fraction of sp³-hybridized carbons (Fsp3) is 0.438. The number of rotatable bonds is 8. The van der Waals surface area contributed by atoms with Gasteiger partial charge in [-0.15, -0.1) is 12.4 Å². The van der Waals surface area contributed by atoms with Crippen LogP contribution in [0.3, 0.4) is 0 Å². The van der Waals surface area contributed by atoms with E-state index in [9.17, 15) is 14.4 Å². The summed E-state index contributed by atoms with van der Waals surface area (Å²) in [5, 5.41) is 14.4. The summed E-state index contributed by atoms with van der Waals surface area (Å²) in [6.07, 6.45) is 1.18. The van der Waals surface area contributed by atoms with E-state index in [1.165, 1.54) is 4.90 Å². The molecule has 3 N–H and O–H groups in total. The number of carbonyl (C=O) groups is 3. The molecule has 0 aromatic heterocycles. The van der Waals surface area contributed by atoms with Crippen molar-refractivity contribution in [2.45, 2.75) is 25.8 Å². The van der Waals surface area contributed by atoms with Gasteiger partial charge in [-0.05, 0) is 30.7 Å². The minimum atomic E-state index is -0.966. The third-order valence-electron chi connectivity index (χ3n) is 3.21. The zero-order chi connectivity index (χ0) is 17.4. The molecule has 0 aliphatic heterocycles. The van der Waals surface area contributed by atoms with Crippen molar-refractivity contribution in [2.24, 2.45) is 0 Å². The number of anilines is 1. The summed E-state index contributed by atoms with van der Waals surface area (Å²) < 4.78 is 0. The lowest BCUT2D eigenvalue weighted by atomic mass is 10.1. The van der Waals surface area contributed by atoms with E-state index in [2.05, 4.69) is 10.6 Å². The van der Waals surface area contributed by atoms with Crippen molar-refractivity contribution in [1.82, 2.24) is 10.2 Å². The summed E-state index contributed by atoms with van der Waals surface area (Å²) in [5.41, 5.74) is 1.08. The van der Waals surface area contributed by atoms with Gasteiger partial charge >= 0.3 is 5.97 Å².